The minimum atomic E-state index is -3.80. The number of carbonyl (C=O) groups is 1. The Morgan fingerprint density at radius 3 is 2.76 bits per heavy atom. The second-order valence-electron chi connectivity index (χ2n) is 5.32. The van der Waals surface area contributed by atoms with Crippen molar-refractivity contribution in [3.8, 4) is 5.75 Å². The molecular weight excluding hydrogens is 372 g/mol. The van der Waals surface area contributed by atoms with Gasteiger partial charge in [0.25, 0.3) is 5.91 Å². The molecule has 0 aliphatic carbocycles. The molecule has 0 spiro atoms. The highest BCUT2D eigenvalue weighted by Gasteiger charge is 2.29. The molecule has 1 saturated heterocycles. The van der Waals surface area contributed by atoms with Crippen LogP contribution in [0.1, 0.15) is 6.42 Å². The minimum Gasteiger partial charge on any atom is -0.482 e. The van der Waals surface area contributed by atoms with Gasteiger partial charge >= 0.3 is 0 Å². The molecular formula is C15H21ClN2O6S. The molecule has 1 fully saturated rings. The monoisotopic (exact) mass is 392 g/mol. The van der Waals surface area contributed by atoms with Gasteiger partial charge in [-0.1, -0.05) is 11.6 Å². The molecule has 140 valence electrons. The maximum Gasteiger partial charge on any atom is 0.257 e. The van der Waals surface area contributed by atoms with E-state index >= 15 is 0 Å². The Kier molecular flexibility index (Phi) is 7.45. The highest BCUT2D eigenvalue weighted by Crippen LogP contribution is 2.30. The molecule has 1 heterocycles. The summed E-state index contributed by atoms with van der Waals surface area (Å²) in [7, 11) is -3.80. The predicted octanol–water partition coefficient (Wildman–Crippen LogP) is 0.238. The van der Waals surface area contributed by atoms with E-state index in [4.69, 9.17) is 26.2 Å². The summed E-state index contributed by atoms with van der Waals surface area (Å²) < 4.78 is 37.5. The summed E-state index contributed by atoms with van der Waals surface area (Å²) in [5.74, 6) is -0.341. The molecule has 2 N–H and O–H groups in total. The number of halogens is 1. The second-order valence-corrected chi connectivity index (χ2v) is 7.67. The maximum absolute atomic E-state index is 12.8. The first-order chi connectivity index (χ1) is 11.9. The van der Waals surface area contributed by atoms with Crippen molar-refractivity contribution in [3.05, 3.63) is 23.2 Å². The lowest BCUT2D eigenvalue weighted by atomic mass is 10.3. The van der Waals surface area contributed by atoms with Crippen molar-refractivity contribution in [2.45, 2.75) is 11.3 Å². The van der Waals surface area contributed by atoms with Crippen LogP contribution in [0.4, 0.5) is 0 Å². The number of ether oxygens (including phenoxy) is 2. The number of hydrogen-bond donors (Lipinski definition) is 2. The lowest BCUT2D eigenvalue weighted by Crippen LogP contribution is -2.40. The molecule has 1 aliphatic heterocycles. The summed E-state index contributed by atoms with van der Waals surface area (Å²) in [4.78, 5) is 11.6. The number of nitrogens with one attached hydrogen (secondary N) is 1. The standard InChI is InChI=1S/C15H21ClN2O6S/c16-12-2-3-13(24-11-15(20)17-4-1-7-19)14(10-12)25(21,22)18-5-8-23-9-6-18/h2-3,10,19H,1,4-9,11H2,(H,17,20). The Morgan fingerprint density at radius 1 is 1.36 bits per heavy atom. The average Bonchev–Trinajstić information content (AvgIpc) is 2.61. The van der Waals surface area contributed by atoms with Gasteiger partial charge in [-0.3, -0.25) is 4.79 Å². The van der Waals surface area contributed by atoms with Crippen LogP contribution in [0.3, 0.4) is 0 Å². The molecule has 2 rings (SSSR count). The number of aliphatic hydroxyl groups is 1. The molecule has 0 unspecified atom stereocenters. The molecule has 1 aromatic rings. The molecule has 8 nitrogen and oxygen atoms in total. The summed E-state index contributed by atoms with van der Waals surface area (Å²) in [5.41, 5.74) is 0. The Morgan fingerprint density at radius 2 is 2.08 bits per heavy atom. The zero-order valence-electron chi connectivity index (χ0n) is 13.6. The van der Waals surface area contributed by atoms with Crippen molar-refractivity contribution in [3.63, 3.8) is 0 Å². The van der Waals surface area contributed by atoms with E-state index in [1.807, 2.05) is 0 Å². The third-order valence-electron chi connectivity index (χ3n) is 3.51. The smallest absolute Gasteiger partial charge is 0.257 e. The van der Waals surface area contributed by atoms with Gasteiger partial charge in [-0.2, -0.15) is 4.31 Å². The Balaban J connectivity index is 2.12. The molecule has 1 aliphatic rings. The molecule has 0 saturated carbocycles. The molecule has 0 bridgehead atoms. The van der Waals surface area contributed by atoms with Crippen LogP contribution in [0.5, 0.6) is 5.75 Å². The van der Waals surface area contributed by atoms with Gasteiger partial charge in [-0.15, -0.1) is 0 Å². The zero-order valence-corrected chi connectivity index (χ0v) is 15.2. The van der Waals surface area contributed by atoms with Crippen LogP contribution in [0.2, 0.25) is 5.02 Å². The van der Waals surface area contributed by atoms with Gasteiger partial charge in [0.05, 0.1) is 13.2 Å². The maximum atomic E-state index is 12.8. The van der Waals surface area contributed by atoms with Crippen LogP contribution in [0.15, 0.2) is 23.1 Å². The van der Waals surface area contributed by atoms with Crippen LogP contribution in [-0.4, -0.2) is 69.8 Å². The number of nitrogens with zero attached hydrogens (tertiary/aromatic N) is 1. The first-order valence-electron chi connectivity index (χ1n) is 7.83. The summed E-state index contributed by atoms with van der Waals surface area (Å²) >= 11 is 5.94. The number of morpholine rings is 1. The Bertz CT molecular complexity index is 691. The van der Waals surface area contributed by atoms with E-state index in [-0.39, 0.29) is 42.0 Å². The minimum absolute atomic E-state index is 0.0275. The van der Waals surface area contributed by atoms with Crippen molar-refractivity contribution >= 4 is 27.5 Å². The van der Waals surface area contributed by atoms with E-state index in [1.165, 1.54) is 22.5 Å². The van der Waals surface area contributed by atoms with Gasteiger partial charge < -0.3 is 19.9 Å². The quantitative estimate of drug-likeness (QED) is 0.614. The van der Waals surface area contributed by atoms with Crippen LogP contribution in [0, 0.1) is 0 Å². The zero-order chi connectivity index (χ0) is 18.3. The first kappa shape index (κ1) is 19.9. The summed E-state index contributed by atoms with van der Waals surface area (Å²) in [6.07, 6.45) is 0.434. The number of amides is 1. The van der Waals surface area contributed by atoms with Crippen LogP contribution in [0.25, 0.3) is 0 Å². The van der Waals surface area contributed by atoms with Crippen molar-refractivity contribution in [2.24, 2.45) is 0 Å². The largest absolute Gasteiger partial charge is 0.482 e. The van der Waals surface area contributed by atoms with Crippen LogP contribution >= 0.6 is 11.6 Å². The number of hydrogen-bond acceptors (Lipinski definition) is 6. The third-order valence-corrected chi connectivity index (χ3v) is 5.66. The van der Waals surface area contributed by atoms with E-state index in [9.17, 15) is 13.2 Å². The van der Waals surface area contributed by atoms with Gasteiger partial charge in [-0.05, 0) is 24.6 Å². The molecule has 10 heteroatoms. The van der Waals surface area contributed by atoms with Crippen molar-refractivity contribution < 1.29 is 27.8 Å². The number of benzene rings is 1. The number of carbonyl (C=O) groups excluding carboxylic acids is 1. The fourth-order valence-corrected chi connectivity index (χ4v) is 4.03. The molecule has 1 amide bonds. The topological polar surface area (TPSA) is 105 Å². The summed E-state index contributed by atoms with van der Waals surface area (Å²) in [6.45, 7) is 1.09. The average molecular weight is 393 g/mol. The lowest BCUT2D eigenvalue weighted by molar-refractivity contribution is -0.123. The predicted molar refractivity (Wildman–Crippen MR) is 91.2 cm³/mol. The molecule has 0 aromatic heterocycles. The van der Waals surface area contributed by atoms with Crippen LogP contribution < -0.4 is 10.1 Å². The highest BCUT2D eigenvalue weighted by molar-refractivity contribution is 7.89. The van der Waals surface area contributed by atoms with Crippen molar-refractivity contribution in [1.82, 2.24) is 9.62 Å². The molecule has 0 atom stereocenters. The third kappa shape index (κ3) is 5.55. The summed E-state index contributed by atoms with van der Waals surface area (Å²) in [6, 6.07) is 4.24. The SMILES string of the molecule is O=C(COc1ccc(Cl)cc1S(=O)(=O)N1CCOCC1)NCCCO. The normalized spacial score (nSPS) is 15.8. The molecule has 0 radical (unpaired) electrons. The fourth-order valence-electron chi connectivity index (χ4n) is 2.23. The Labute approximate surface area is 151 Å². The number of rotatable bonds is 8. The van der Waals surface area contributed by atoms with Crippen LogP contribution in [-0.2, 0) is 19.6 Å². The number of sulfonamides is 1. The number of aliphatic hydroxyl groups excluding tert-OH is 1. The lowest BCUT2D eigenvalue weighted by Gasteiger charge is -2.26. The van der Waals surface area contributed by atoms with Crippen molar-refractivity contribution in [2.75, 3.05) is 46.1 Å². The van der Waals surface area contributed by atoms with Gasteiger partial charge in [0.15, 0.2) is 6.61 Å². The fraction of sp³-hybridized carbons (Fsp3) is 0.533. The summed E-state index contributed by atoms with van der Waals surface area (Å²) in [5, 5.41) is 11.5. The van der Waals surface area contributed by atoms with E-state index in [1.54, 1.807) is 0 Å². The van der Waals surface area contributed by atoms with E-state index in [0.717, 1.165) is 0 Å². The van der Waals surface area contributed by atoms with Gasteiger partial charge in [-0.25, -0.2) is 8.42 Å². The Hall–Kier alpha value is -1.39. The van der Waals surface area contributed by atoms with Gasteiger partial charge in [0, 0.05) is 31.3 Å². The molecule has 1 aromatic carbocycles. The highest BCUT2D eigenvalue weighted by atomic mass is 35.5. The second kappa shape index (κ2) is 9.35. The van der Waals surface area contributed by atoms with Gasteiger partial charge in [0.1, 0.15) is 10.6 Å². The van der Waals surface area contributed by atoms with E-state index in [2.05, 4.69) is 5.32 Å². The van der Waals surface area contributed by atoms with Crippen molar-refractivity contribution in [1.29, 1.82) is 0 Å². The first-order valence-corrected chi connectivity index (χ1v) is 9.65. The van der Waals surface area contributed by atoms with E-state index in [0.29, 0.717) is 26.2 Å². The van der Waals surface area contributed by atoms with Gasteiger partial charge in [0.2, 0.25) is 10.0 Å². The van der Waals surface area contributed by atoms with E-state index < -0.39 is 15.9 Å². The molecule has 25 heavy (non-hydrogen) atoms.